The summed E-state index contributed by atoms with van der Waals surface area (Å²) in [6.45, 7) is 4.13. The summed E-state index contributed by atoms with van der Waals surface area (Å²) in [6, 6.07) is 0. The maximum absolute atomic E-state index is 11.8. The predicted molar refractivity (Wildman–Crippen MR) is 68.0 cm³/mol. The first-order valence-corrected chi connectivity index (χ1v) is 5.99. The average molecular weight is 297 g/mol. The highest BCUT2D eigenvalue weighted by Gasteiger charge is 2.11. The van der Waals surface area contributed by atoms with Gasteiger partial charge in [0, 0.05) is 25.1 Å². The quantitative estimate of drug-likeness (QED) is 0.842. The average Bonchev–Trinajstić information content (AvgIpc) is 2.67. The third-order valence-electron chi connectivity index (χ3n) is 2.75. The van der Waals surface area contributed by atoms with Crippen molar-refractivity contribution in [3.63, 3.8) is 0 Å². The maximum Gasteiger partial charge on any atom is 0.348 e. The van der Waals surface area contributed by atoms with Crippen LogP contribution in [-0.2, 0) is 13.6 Å². The zero-order valence-corrected chi connectivity index (χ0v) is 11.5. The Morgan fingerprint density at radius 2 is 2.12 bits per heavy atom. The third-order valence-corrected chi connectivity index (χ3v) is 3.90. The second kappa shape index (κ2) is 4.44. The molecule has 0 atom stereocenters. The summed E-state index contributed by atoms with van der Waals surface area (Å²) in [4.78, 5) is 20.0. The van der Waals surface area contributed by atoms with Gasteiger partial charge in [0.05, 0.1) is 16.7 Å². The highest BCUT2D eigenvalue weighted by atomic mass is 79.9. The zero-order valence-electron chi connectivity index (χ0n) is 9.94. The van der Waals surface area contributed by atoms with Crippen molar-refractivity contribution >= 4 is 15.9 Å². The standard InChI is InChI=1S/C11H13BrN4O/c1-7-10(12)8(2)16(11(17)14-7)6-9-13-4-5-15(9)3/h4-5H,6H2,1-3H3. The molecule has 0 spiro atoms. The van der Waals surface area contributed by atoms with Gasteiger partial charge in [-0.05, 0) is 29.8 Å². The van der Waals surface area contributed by atoms with Crippen LogP contribution in [0.25, 0.3) is 0 Å². The Bertz CT molecular complexity index is 614. The van der Waals surface area contributed by atoms with E-state index in [1.807, 2.05) is 31.7 Å². The molecule has 6 heteroatoms. The molecule has 17 heavy (non-hydrogen) atoms. The summed E-state index contributed by atoms with van der Waals surface area (Å²) < 4.78 is 4.37. The first-order valence-electron chi connectivity index (χ1n) is 5.20. The number of nitrogens with zero attached hydrogens (tertiary/aromatic N) is 4. The van der Waals surface area contributed by atoms with Gasteiger partial charge < -0.3 is 4.57 Å². The Labute approximate surface area is 107 Å². The van der Waals surface area contributed by atoms with Crippen LogP contribution in [-0.4, -0.2) is 19.1 Å². The number of aromatic nitrogens is 4. The zero-order chi connectivity index (χ0) is 12.6. The molecule has 5 nitrogen and oxygen atoms in total. The molecule has 2 aromatic rings. The molecule has 0 aliphatic rings. The fraction of sp³-hybridized carbons (Fsp3) is 0.364. The van der Waals surface area contributed by atoms with Crippen LogP contribution in [0.4, 0.5) is 0 Å². The van der Waals surface area contributed by atoms with E-state index in [4.69, 9.17) is 0 Å². The second-order valence-corrected chi connectivity index (χ2v) is 4.71. The van der Waals surface area contributed by atoms with Crippen LogP contribution in [0.15, 0.2) is 21.7 Å². The Morgan fingerprint density at radius 3 is 2.71 bits per heavy atom. The van der Waals surface area contributed by atoms with Gasteiger partial charge in [-0.2, -0.15) is 4.98 Å². The van der Waals surface area contributed by atoms with E-state index in [1.54, 1.807) is 10.8 Å². The molecule has 0 saturated heterocycles. The van der Waals surface area contributed by atoms with E-state index >= 15 is 0 Å². The summed E-state index contributed by atoms with van der Waals surface area (Å²) in [5.74, 6) is 0.827. The van der Waals surface area contributed by atoms with E-state index in [2.05, 4.69) is 25.9 Å². The minimum absolute atomic E-state index is 0.244. The number of hydrogen-bond donors (Lipinski definition) is 0. The van der Waals surface area contributed by atoms with E-state index in [0.717, 1.165) is 16.0 Å². The lowest BCUT2D eigenvalue weighted by Gasteiger charge is -2.11. The first-order chi connectivity index (χ1) is 8.00. The van der Waals surface area contributed by atoms with E-state index < -0.39 is 0 Å². The van der Waals surface area contributed by atoms with Crippen LogP contribution in [0, 0.1) is 13.8 Å². The fourth-order valence-corrected chi connectivity index (χ4v) is 1.96. The molecule has 2 rings (SSSR count). The molecule has 0 aliphatic carbocycles. The maximum atomic E-state index is 11.8. The van der Waals surface area contributed by atoms with Crippen molar-refractivity contribution in [2.45, 2.75) is 20.4 Å². The van der Waals surface area contributed by atoms with Crippen molar-refractivity contribution in [1.29, 1.82) is 0 Å². The van der Waals surface area contributed by atoms with Crippen molar-refractivity contribution in [1.82, 2.24) is 19.1 Å². The molecule has 90 valence electrons. The van der Waals surface area contributed by atoms with Gasteiger partial charge >= 0.3 is 5.69 Å². The monoisotopic (exact) mass is 296 g/mol. The summed E-state index contributed by atoms with van der Waals surface area (Å²) in [5.41, 5.74) is 1.33. The van der Waals surface area contributed by atoms with Gasteiger partial charge in [-0.25, -0.2) is 9.78 Å². The van der Waals surface area contributed by atoms with Gasteiger partial charge in [-0.15, -0.1) is 0 Å². The van der Waals surface area contributed by atoms with Crippen molar-refractivity contribution < 1.29 is 0 Å². The van der Waals surface area contributed by atoms with Crippen molar-refractivity contribution in [3.8, 4) is 0 Å². The highest BCUT2D eigenvalue weighted by molar-refractivity contribution is 9.10. The molecule has 0 aliphatic heterocycles. The lowest BCUT2D eigenvalue weighted by Crippen LogP contribution is -2.27. The SMILES string of the molecule is Cc1nc(=O)n(Cc2nccn2C)c(C)c1Br. The predicted octanol–water partition coefficient (Wildman–Crippen LogP) is 1.40. The van der Waals surface area contributed by atoms with E-state index in [1.165, 1.54) is 0 Å². The second-order valence-electron chi connectivity index (χ2n) is 3.92. The molecule has 0 fully saturated rings. The van der Waals surface area contributed by atoms with Gasteiger partial charge in [0.1, 0.15) is 5.82 Å². The first kappa shape index (κ1) is 12.0. The van der Waals surface area contributed by atoms with Crippen LogP contribution in [0.5, 0.6) is 0 Å². The molecular formula is C11H13BrN4O. The van der Waals surface area contributed by atoms with E-state index in [-0.39, 0.29) is 5.69 Å². The van der Waals surface area contributed by atoms with Gasteiger partial charge in [0.15, 0.2) is 0 Å². The Morgan fingerprint density at radius 1 is 1.41 bits per heavy atom. The summed E-state index contributed by atoms with van der Waals surface area (Å²) >= 11 is 3.44. The smallest absolute Gasteiger partial charge is 0.337 e. The number of imidazole rings is 1. The van der Waals surface area contributed by atoms with Gasteiger partial charge in [-0.1, -0.05) is 0 Å². The number of hydrogen-bond acceptors (Lipinski definition) is 3. The van der Waals surface area contributed by atoms with Crippen molar-refractivity contribution in [3.05, 3.63) is 44.6 Å². The molecule has 0 saturated carbocycles. The molecule has 0 bridgehead atoms. The summed E-state index contributed by atoms with van der Waals surface area (Å²) in [6.07, 6.45) is 3.57. The Hall–Kier alpha value is -1.43. The van der Waals surface area contributed by atoms with E-state index in [0.29, 0.717) is 12.2 Å². The Kier molecular flexibility index (Phi) is 3.15. The largest absolute Gasteiger partial charge is 0.348 e. The van der Waals surface area contributed by atoms with Crippen LogP contribution >= 0.6 is 15.9 Å². The van der Waals surface area contributed by atoms with Gasteiger partial charge in [0.25, 0.3) is 0 Å². The molecule has 0 N–H and O–H groups in total. The number of rotatable bonds is 2. The number of halogens is 1. The lowest BCUT2D eigenvalue weighted by molar-refractivity contribution is 0.637. The molecule has 2 aromatic heterocycles. The van der Waals surface area contributed by atoms with Crippen LogP contribution in [0.2, 0.25) is 0 Å². The van der Waals surface area contributed by atoms with E-state index in [9.17, 15) is 4.79 Å². The minimum Gasteiger partial charge on any atom is -0.337 e. The lowest BCUT2D eigenvalue weighted by atomic mass is 10.3. The van der Waals surface area contributed by atoms with Crippen LogP contribution in [0.3, 0.4) is 0 Å². The third kappa shape index (κ3) is 2.17. The number of aryl methyl sites for hydroxylation is 2. The minimum atomic E-state index is -0.244. The summed E-state index contributed by atoms with van der Waals surface area (Å²) in [7, 11) is 1.90. The van der Waals surface area contributed by atoms with Gasteiger partial charge in [-0.3, -0.25) is 4.57 Å². The molecule has 2 heterocycles. The van der Waals surface area contributed by atoms with Crippen molar-refractivity contribution in [2.24, 2.45) is 7.05 Å². The fourth-order valence-electron chi connectivity index (χ4n) is 1.65. The topological polar surface area (TPSA) is 52.7 Å². The Balaban J connectivity index is 2.51. The summed E-state index contributed by atoms with van der Waals surface area (Å²) in [5, 5.41) is 0. The van der Waals surface area contributed by atoms with Crippen LogP contribution in [0.1, 0.15) is 17.2 Å². The van der Waals surface area contributed by atoms with Crippen molar-refractivity contribution in [2.75, 3.05) is 0 Å². The molecule has 0 amide bonds. The molecule has 0 aromatic carbocycles. The molecule has 0 unspecified atom stereocenters. The van der Waals surface area contributed by atoms with Crippen LogP contribution < -0.4 is 5.69 Å². The highest BCUT2D eigenvalue weighted by Crippen LogP contribution is 2.17. The normalized spacial score (nSPS) is 10.8. The molecular weight excluding hydrogens is 284 g/mol. The molecule has 0 radical (unpaired) electrons. The van der Waals surface area contributed by atoms with Gasteiger partial charge in [0.2, 0.25) is 0 Å².